The maximum absolute atomic E-state index is 7.05. The van der Waals surface area contributed by atoms with Crippen LogP contribution in [0, 0.1) is 6.33 Å². The number of hydrogen-bond acceptors (Lipinski definition) is 2. The van der Waals surface area contributed by atoms with Gasteiger partial charge >= 0.3 is 0 Å². The summed E-state index contributed by atoms with van der Waals surface area (Å²) in [6.45, 7) is 27.7. The number of aromatic nitrogens is 4. The SMILES string of the molecule is CC(C)(C)c1ccnc(-n2c3ccc(C(C)(C)C)cc3c3ccc(Oc4cccc(-n5[c-][n+](-c6cc(-c7ccccc7)cc(C(C)(C)c7ccccc7)c6)c(C(C)(C)c6ccccc6)c5C(C)(C)c5ccccc5)c4)cc32)c1. The highest BCUT2D eigenvalue weighted by Gasteiger charge is 2.40. The molecule has 0 aliphatic heterocycles. The predicted molar refractivity (Wildman–Crippen MR) is 323 cm³/mol. The fourth-order valence-corrected chi connectivity index (χ4v) is 11.4. The number of fused-ring (bicyclic) bond motifs is 3. The topological polar surface area (TPSA) is 35.9 Å². The fourth-order valence-electron chi connectivity index (χ4n) is 11.4. The van der Waals surface area contributed by atoms with Gasteiger partial charge in [0, 0.05) is 39.3 Å². The molecule has 8 aromatic carbocycles. The molecule has 0 N–H and O–H groups in total. The molecule has 0 spiro atoms. The van der Waals surface area contributed by atoms with Crippen LogP contribution in [0.1, 0.15) is 128 Å². The summed E-state index contributed by atoms with van der Waals surface area (Å²) in [6, 6.07) is 76.8. The molecule has 0 unspecified atom stereocenters. The van der Waals surface area contributed by atoms with Crippen LogP contribution < -0.4 is 9.30 Å². The molecule has 0 aliphatic rings. The molecule has 78 heavy (non-hydrogen) atoms. The Hall–Kier alpha value is -8.28. The molecule has 0 amide bonds. The van der Waals surface area contributed by atoms with E-state index in [-0.39, 0.29) is 16.2 Å². The summed E-state index contributed by atoms with van der Waals surface area (Å²) in [5, 5.41) is 2.35. The van der Waals surface area contributed by atoms with E-state index >= 15 is 0 Å². The van der Waals surface area contributed by atoms with Gasteiger partial charge in [-0.15, -0.1) is 0 Å². The van der Waals surface area contributed by atoms with Gasteiger partial charge in [0.05, 0.1) is 33.8 Å². The molecular formula is C73H72N4O. The molecule has 0 fully saturated rings. The van der Waals surface area contributed by atoms with Crippen molar-refractivity contribution in [3.05, 3.63) is 270 Å². The third-order valence-electron chi connectivity index (χ3n) is 16.3. The zero-order valence-corrected chi connectivity index (χ0v) is 47.5. The van der Waals surface area contributed by atoms with Crippen molar-refractivity contribution < 1.29 is 9.30 Å². The first-order chi connectivity index (χ1) is 37.2. The number of pyridine rings is 1. The maximum Gasteiger partial charge on any atom is 0.269 e. The van der Waals surface area contributed by atoms with Crippen LogP contribution in [0.2, 0.25) is 0 Å². The van der Waals surface area contributed by atoms with Crippen LogP contribution in [-0.2, 0) is 27.1 Å². The summed E-state index contributed by atoms with van der Waals surface area (Å²) in [7, 11) is 0. The van der Waals surface area contributed by atoms with Crippen molar-refractivity contribution in [2.45, 2.75) is 110 Å². The van der Waals surface area contributed by atoms with Crippen molar-refractivity contribution in [2.24, 2.45) is 0 Å². The summed E-state index contributed by atoms with van der Waals surface area (Å²) in [6.07, 6.45) is 6.02. The summed E-state index contributed by atoms with van der Waals surface area (Å²) >= 11 is 0. The van der Waals surface area contributed by atoms with Crippen LogP contribution in [0.25, 0.3) is 50.1 Å². The van der Waals surface area contributed by atoms with Crippen molar-refractivity contribution in [1.82, 2.24) is 14.1 Å². The Kier molecular flexibility index (Phi) is 13.0. The lowest BCUT2D eigenvalue weighted by atomic mass is 9.73. The largest absolute Gasteiger partial charge is 0.458 e. The third kappa shape index (κ3) is 9.54. The van der Waals surface area contributed by atoms with Gasteiger partial charge in [0.25, 0.3) is 6.33 Å². The first kappa shape index (κ1) is 51.8. The van der Waals surface area contributed by atoms with Crippen molar-refractivity contribution in [3.63, 3.8) is 0 Å². The minimum atomic E-state index is -0.520. The molecule has 390 valence electrons. The lowest BCUT2D eigenvalue weighted by Crippen LogP contribution is -2.43. The first-order valence-electron chi connectivity index (χ1n) is 27.5. The molecular weight excluding hydrogens is 949 g/mol. The molecule has 0 bridgehead atoms. The maximum atomic E-state index is 7.05. The number of ether oxygens (including phenoxy) is 1. The normalized spacial score (nSPS) is 12.6. The predicted octanol–water partition coefficient (Wildman–Crippen LogP) is 18.1. The second-order valence-electron chi connectivity index (χ2n) is 24.8. The van der Waals surface area contributed by atoms with E-state index in [0.717, 1.165) is 67.6 Å². The van der Waals surface area contributed by atoms with Crippen LogP contribution in [0.5, 0.6) is 11.5 Å². The molecule has 3 heterocycles. The average Bonchev–Trinajstić information content (AvgIpc) is 4.24. The molecule has 5 heteroatoms. The summed E-state index contributed by atoms with van der Waals surface area (Å²) in [5.74, 6) is 2.34. The minimum absolute atomic E-state index is 0.0137. The van der Waals surface area contributed by atoms with E-state index in [0.29, 0.717) is 0 Å². The fraction of sp³-hybridized carbons (Fsp3) is 0.233. The number of nitrogens with zero attached hydrogens (tertiary/aromatic N) is 4. The van der Waals surface area contributed by atoms with Crippen molar-refractivity contribution >= 4 is 21.8 Å². The van der Waals surface area contributed by atoms with E-state index in [1.54, 1.807) is 0 Å². The first-order valence-corrected chi connectivity index (χ1v) is 27.5. The Morgan fingerprint density at radius 1 is 0.410 bits per heavy atom. The van der Waals surface area contributed by atoms with E-state index in [9.17, 15) is 0 Å². The number of benzene rings is 8. The van der Waals surface area contributed by atoms with Crippen LogP contribution in [-0.4, -0.2) is 14.1 Å². The van der Waals surface area contributed by atoms with Crippen molar-refractivity contribution in [1.29, 1.82) is 0 Å². The monoisotopic (exact) mass is 1020 g/mol. The summed E-state index contributed by atoms with van der Waals surface area (Å²) in [5.41, 5.74) is 14.7. The van der Waals surface area contributed by atoms with Crippen LogP contribution in [0.3, 0.4) is 0 Å². The highest BCUT2D eigenvalue weighted by atomic mass is 16.5. The Morgan fingerprint density at radius 3 is 1.62 bits per heavy atom. The highest BCUT2D eigenvalue weighted by Crippen LogP contribution is 2.44. The van der Waals surface area contributed by atoms with Crippen molar-refractivity contribution in [2.75, 3.05) is 0 Å². The Balaban J connectivity index is 1.13. The standard InChI is InChI=1S/C73H72N4O/c1-69(2,3)55-36-39-64-63(45-55)62-38-37-61(48-65(62)77(64)66-46-56(40-41-74-66)70(4,5)6)78-60-35-25-34-58(47-60)75-49-76(68(73(11,12)54-32-23-16-24-33-54)67(75)72(9,10)53-30-21-15-22-31-53)59-43-51(50-26-17-13-18-27-50)42-57(44-59)71(7,8)52-28-19-14-20-29-52/h13-48H,1-12H3. The van der Waals surface area contributed by atoms with Gasteiger partial charge in [0.15, 0.2) is 0 Å². The lowest BCUT2D eigenvalue weighted by molar-refractivity contribution is -0.611. The lowest BCUT2D eigenvalue weighted by Gasteiger charge is -2.35. The van der Waals surface area contributed by atoms with E-state index in [2.05, 4.69) is 315 Å². The molecule has 11 rings (SSSR count). The van der Waals surface area contributed by atoms with E-state index in [1.807, 2.05) is 6.20 Å². The molecule has 5 nitrogen and oxygen atoms in total. The van der Waals surface area contributed by atoms with Crippen LogP contribution in [0.4, 0.5) is 0 Å². The molecule has 0 atom stereocenters. The van der Waals surface area contributed by atoms with Gasteiger partial charge in [-0.3, -0.25) is 13.7 Å². The molecule has 11 aromatic rings. The number of hydrogen-bond donors (Lipinski definition) is 0. The van der Waals surface area contributed by atoms with Crippen LogP contribution >= 0.6 is 0 Å². The Morgan fingerprint density at radius 2 is 0.987 bits per heavy atom. The zero-order chi connectivity index (χ0) is 54.8. The molecule has 0 aliphatic carbocycles. The second-order valence-corrected chi connectivity index (χ2v) is 24.8. The third-order valence-corrected chi connectivity index (χ3v) is 16.3. The molecule has 0 saturated carbocycles. The van der Waals surface area contributed by atoms with E-state index < -0.39 is 10.8 Å². The highest BCUT2D eigenvalue weighted by molar-refractivity contribution is 6.09. The van der Waals surface area contributed by atoms with Gasteiger partial charge in [0.2, 0.25) is 0 Å². The molecule has 3 aromatic heterocycles. The van der Waals surface area contributed by atoms with Gasteiger partial charge in [-0.25, -0.2) is 4.98 Å². The molecule has 0 radical (unpaired) electrons. The molecule has 0 saturated heterocycles. The van der Waals surface area contributed by atoms with E-state index in [1.165, 1.54) is 38.8 Å². The number of imidazole rings is 1. The number of rotatable bonds is 12. The second kappa shape index (κ2) is 19.6. The quantitative estimate of drug-likeness (QED) is 0.0903. The smallest absolute Gasteiger partial charge is 0.269 e. The summed E-state index contributed by atoms with van der Waals surface area (Å²) < 4.78 is 14.0. The minimum Gasteiger partial charge on any atom is -0.458 e. The Bertz CT molecular complexity index is 3960. The Labute approximate surface area is 462 Å². The van der Waals surface area contributed by atoms with E-state index in [4.69, 9.17) is 9.72 Å². The average molecular weight is 1020 g/mol. The van der Waals surface area contributed by atoms with Gasteiger partial charge in [-0.2, -0.15) is 0 Å². The van der Waals surface area contributed by atoms with Crippen molar-refractivity contribution in [3.8, 4) is 39.8 Å². The summed E-state index contributed by atoms with van der Waals surface area (Å²) in [4.78, 5) is 5.01. The van der Waals surface area contributed by atoms with Gasteiger partial charge in [0.1, 0.15) is 17.3 Å². The van der Waals surface area contributed by atoms with Gasteiger partial charge < -0.3 is 4.74 Å². The van der Waals surface area contributed by atoms with Crippen LogP contribution in [0.15, 0.2) is 219 Å². The van der Waals surface area contributed by atoms with Gasteiger partial charge in [-0.05, 0) is 122 Å². The zero-order valence-electron chi connectivity index (χ0n) is 47.5. The van der Waals surface area contributed by atoms with Gasteiger partial charge in [-0.1, -0.05) is 223 Å².